The minimum atomic E-state index is -0.180. The number of hydrogen-bond acceptors (Lipinski definition) is 4. The van der Waals surface area contributed by atoms with Crippen molar-refractivity contribution >= 4 is 23.1 Å². The molecule has 1 unspecified atom stereocenters. The number of hydrogen-bond donors (Lipinski definition) is 1. The second-order valence-electron chi connectivity index (χ2n) is 3.88. The molecule has 0 amide bonds. The van der Waals surface area contributed by atoms with Crippen LogP contribution in [-0.2, 0) is 6.42 Å². The van der Waals surface area contributed by atoms with Gasteiger partial charge in [-0.15, -0.1) is 23.1 Å². The van der Waals surface area contributed by atoms with Gasteiger partial charge in [-0.05, 0) is 25.2 Å². The van der Waals surface area contributed by atoms with Crippen LogP contribution in [0.5, 0.6) is 0 Å². The molecular formula is C13H15FN2S2. The Bertz CT molecular complexity index is 474. The Hall–Kier alpha value is -0.910. The summed E-state index contributed by atoms with van der Waals surface area (Å²) in [5.74, 6) is 0.723. The van der Waals surface area contributed by atoms with Gasteiger partial charge in [-0.25, -0.2) is 9.37 Å². The van der Waals surface area contributed by atoms with Crippen molar-refractivity contribution in [3.05, 3.63) is 46.7 Å². The highest BCUT2D eigenvalue weighted by Crippen LogP contribution is 2.20. The van der Waals surface area contributed by atoms with Crippen molar-refractivity contribution in [2.75, 3.05) is 12.8 Å². The van der Waals surface area contributed by atoms with Gasteiger partial charge in [0.1, 0.15) is 5.82 Å². The molecule has 0 aliphatic rings. The van der Waals surface area contributed by atoms with Gasteiger partial charge in [0.2, 0.25) is 0 Å². The molecule has 0 aliphatic heterocycles. The Morgan fingerprint density at radius 3 is 3.06 bits per heavy atom. The summed E-state index contributed by atoms with van der Waals surface area (Å²) >= 11 is 3.33. The first kappa shape index (κ1) is 13.5. The molecule has 1 N–H and O–H groups in total. The van der Waals surface area contributed by atoms with Crippen LogP contribution in [0.3, 0.4) is 0 Å². The fourth-order valence-electron chi connectivity index (χ4n) is 1.56. The van der Waals surface area contributed by atoms with Crippen LogP contribution in [0.25, 0.3) is 0 Å². The van der Waals surface area contributed by atoms with Gasteiger partial charge in [0.15, 0.2) is 0 Å². The highest BCUT2D eigenvalue weighted by molar-refractivity contribution is 7.99. The topological polar surface area (TPSA) is 24.9 Å². The molecule has 0 radical (unpaired) electrons. The van der Waals surface area contributed by atoms with E-state index < -0.39 is 0 Å². The smallest absolute Gasteiger partial charge is 0.124 e. The number of rotatable bonds is 6. The average molecular weight is 282 g/mol. The average Bonchev–Trinajstić information content (AvgIpc) is 2.87. The number of thiazole rings is 1. The number of aromatic nitrogens is 1. The lowest BCUT2D eigenvalue weighted by Gasteiger charge is -2.14. The predicted molar refractivity (Wildman–Crippen MR) is 75.8 cm³/mol. The SMILES string of the molecule is CNC(CSc1cccc(F)c1)Cc1nccs1. The van der Waals surface area contributed by atoms with E-state index in [-0.39, 0.29) is 5.82 Å². The van der Waals surface area contributed by atoms with Crippen molar-refractivity contribution in [3.63, 3.8) is 0 Å². The van der Waals surface area contributed by atoms with Crippen LogP contribution in [0.4, 0.5) is 4.39 Å². The predicted octanol–water partition coefficient (Wildman–Crippen LogP) is 3.21. The zero-order chi connectivity index (χ0) is 12.8. The molecule has 2 nitrogen and oxygen atoms in total. The molecular weight excluding hydrogens is 267 g/mol. The standard InChI is InChI=1S/C13H15FN2S2/c1-15-11(8-13-16-5-6-17-13)9-18-12-4-2-3-10(14)7-12/h2-7,11,15H,8-9H2,1H3. The zero-order valence-electron chi connectivity index (χ0n) is 10.1. The molecule has 0 saturated heterocycles. The maximum atomic E-state index is 13.0. The summed E-state index contributed by atoms with van der Waals surface area (Å²) in [6.45, 7) is 0. The lowest BCUT2D eigenvalue weighted by molar-refractivity contribution is 0.614. The third-order valence-corrected chi connectivity index (χ3v) is 4.52. The number of likely N-dealkylation sites (N-methyl/N-ethyl adjacent to an activating group) is 1. The number of nitrogens with zero attached hydrogens (tertiary/aromatic N) is 1. The molecule has 0 aliphatic carbocycles. The second kappa shape index (κ2) is 6.87. The first-order chi connectivity index (χ1) is 8.78. The van der Waals surface area contributed by atoms with Gasteiger partial charge < -0.3 is 5.32 Å². The van der Waals surface area contributed by atoms with Crippen LogP contribution in [-0.4, -0.2) is 23.8 Å². The Kier molecular flexibility index (Phi) is 5.16. The van der Waals surface area contributed by atoms with Gasteiger partial charge in [0.25, 0.3) is 0 Å². The second-order valence-corrected chi connectivity index (χ2v) is 5.96. The molecule has 0 bridgehead atoms. The van der Waals surface area contributed by atoms with Crippen LogP contribution >= 0.6 is 23.1 Å². The quantitative estimate of drug-likeness (QED) is 0.824. The number of nitrogens with one attached hydrogen (secondary N) is 1. The van der Waals surface area contributed by atoms with Gasteiger partial charge >= 0.3 is 0 Å². The van der Waals surface area contributed by atoms with Crippen LogP contribution in [0.1, 0.15) is 5.01 Å². The van der Waals surface area contributed by atoms with E-state index in [4.69, 9.17) is 0 Å². The lowest BCUT2D eigenvalue weighted by Crippen LogP contribution is -2.29. The van der Waals surface area contributed by atoms with E-state index >= 15 is 0 Å². The monoisotopic (exact) mass is 282 g/mol. The van der Waals surface area contributed by atoms with Crippen LogP contribution in [0.2, 0.25) is 0 Å². The van der Waals surface area contributed by atoms with Crippen molar-refractivity contribution in [1.29, 1.82) is 0 Å². The highest BCUT2D eigenvalue weighted by atomic mass is 32.2. The van der Waals surface area contributed by atoms with Crippen LogP contribution in [0.15, 0.2) is 40.7 Å². The van der Waals surface area contributed by atoms with Crippen molar-refractivity contribution < 1.29 is 4.39 Å². The molecule has 0 saturated carbocycles. The number of halogens is 1. The summed E-state index contributed by atoms with van der Waals surface area (Å²) in [6.07, 6.45) is 2.74. The Balaban J connectivity index is 1.87. The van der Waals surface area contributed by atoms with Gasteiger partial charge in [-0.3, -0.25) is 0 Å². The number of benzene rings is 1. The molecule has 1 heterocycles. The summed E-state index contributed by atoms with van der Waals surface area (Å²) in [7, 11) is 1.95. The third kappa shape index (κ3) is 4.08. The summed E-state index contributed by atoms with van der Waals surface area (Å²) < 4.78 is 13.0. The van der Waals surface area contributed by atoms with Crippen molar-refractivity contribution in [2.45, 2.75) is 17.4 Å². The molecule has 0 spiro atoms. The normalized spacial score (nSPS) is 12.6. The molecule has 2 rings (SSSR count). The van der Waals surface area contributed by atoms with Crippen LogP contribution in [0, 0.1) is 5.82 Å². The van der Waals surface area contributed by atoms with Gasteiger partial charge in [-0.2, -0.15) is 0 Å². The zero-order valence-corrected chi connectivity index (χ0v) is 11.7. The lowest BCUT2D eigenvalue weighted by atomic mass is 10.2. The molecule has 2 aromatic rings. The van der Waals surface area contributed by atoms with Crippen molar-refractivity contribution in [1.82, 2.24) is 10.3 Å². The van der Waals surface area contributed by atoms with E-state index in [1.54, 1.807) is 35.2 Å². The van der Waals surface area contributed by atoms with Crippen molar-refractivity contribution in [2.24, 2.45) is 0 Å². The van der Waals surface area contributed by atoms with E-state index in [1.165, 1.54) is 6.07 Å². The summed E-state index contributed by atoms with van der Waals surface area (Å²) in [6, 6.07) is 7.07. The minimum Gasteiger partial charge on any atom is -0.316 e. The first-order valence-corrected chi connectivity index (χ1v) is 7.58. The summed E-state index contributed by atoms with van der Waals surface area (Å²) in [5, 5.41) is 6.40. The van der Waals surface area contributed by atoms with Gasteiger partial charge in [-0.1, -0.05) is 6.07 Å². The molecule has 1 aromatic heterocycles. The summed E-state index contributed by atoms with van der Waals surface area (Å²) in [4.78, 5) is 5.25. The van der Waals surface area contributed by atoms with E-state index in [0.29, 0.717) is 6.04 Å². The maximum absolute atomic E-state index is 13.0. The largest absolute Gasteiger partial charge is 0.316 e. The Morgan fingerprint density at radius 1 is 1.50 bits per heavy atom. The molecule has 18 heavy (non-hydrogen) atoms. The highest BCUT2D eigenvalue weighted by Gasteiger charge is 2.09. The van der Waals surface area contributed by atoms with Crippen LogP contribution < -0.4 is 5.32 Å². The maximum Gasteiger partial charge on any atom is 0.124 e. The number of thioether (sulfide) groups is 1. The summed E-state index contributed by atoms with van der Waals surface area (Å²) in [5.41, 5.74) is 0. The Labute approximate surface area is 115 Å². The molecule has 0 fully saturated rings. The third-order valence-electron chi connectivity index (χ3n) is 2.56. The van der Waals surface area contributed by atoms with E-state index in [2.05, 4.69) is 10.3 Å². The van der Waals surface area contributed by atoms with E-state index in [1.807, 2.05) is 24.7 Å². The molecule has 1 atom stereocenters. The molecule has 96 valence electrons. The van der Waals surface area contributed by atoms with E-state index in [0.717, 1.165) is 22.1 Å². The fraction of sp³-hybridized carbons (Fsp3) is 0.308. The van der Waals surface area contributed by atoms with E-state index in [9.17, 15) is 4.39 Å². The van der Waals surface area contributed by atoms with Crippen molar-refractivity contribution in [3.8, 4) is 0 Å². The first-order valence-electron chi connectivity index (χ1n) is 5.72. The molecule has 1 aromatic carbocycles. The van der Waals surface area contributed by atoms with Gasteiger partial charge in [0.05, 0.1) is 5.01 Å². The minimum absolute atomic E-state index is 0.180. The molecule has 5 heteroatoms. The fourth-order valence-corrected chi connectivity index (χ4v) is 3.31. The van der Waals surface area contributed by atoms with Gasteiger partial charge in [0, 0.05) is 34.7 Å². The Morgan fingerprint density at radius 2 is 2.39 bits per heavy atom.